The lowest BCUT2D eigenvalue weighted by Gasteiger charge is -2.06. The number of thiazole rings is 1. The molecule has 0 fully saturated rings. The number of hydrazone groups is 1. The molecule has 27 heavy (non-hydrogen) atoms. The fraction of sp³-hybridized carbons (Fsp3) is 0.150. The number of nitrogens with two attached hydrogens (primary N) is 1. The monoisotopic (exact) mass is 380 g/mol. The fourth-order valence-electron chi connectivity index (χ4n) is 2.35. The van der Waals surface area contributed by atoms with Gasteiger partial charge in [0.25, 0.3) is 5.91 Å². The maximum Gasteiger partial charge on any atom is 0.283 e. The number of benzene rings is 2. The lowest BCUT2D eigenvalue weighted by atomic mass is 10.2. The van der Waals surface area contributed by atoms with Crippen LogP contribution in [0.4, 0.5) is 5.13 Å². The fourth-order valence-corrected chi connectivity index (χ4v) is 3.07. The van der Waals surface area contributed by atoms with Gasteiger partial charge in [-0.2, -0.15) is 5.10 Å². The Morgan fingerprint density at radius 1 is 1.19 bits per heavy atom. The standard InChI is InChI=1S/C20H20N4O2S/c1-13-3-5-16(6-4-13)12-26-17-9-7-15(8-10-17)11-22-24-19(25)18-14(2)23-20(21)27-18/h3-11H,12H2,1-2H3,(H2,21,23)(H,24,25)/b22-11+. The maximum absolute atomic E-state index is 12.0. The Hall–Kier alpha value is -3.19. The van der Waals surface area contributed by atoms with Gasteiger partial charge in [-0.15, -0.1) is 0 Å². The summed E-state index contributed by atoms with van der Waals surface area (Å²) in [6.45, 7) is 4.31. The van der Waals surface area contributed by atoms with Gasteiger partial charge < -0.3 is 10.5 Å². The van der Waals surface area contributed by atoms with E-state index in [0.29, 0.717) is 22.3 Å². The van der Waals surface area contributed by atoms with Crippen molar-refractivity contribution in [1.29, 1.82) is 0 Å². The highest BCUT2D eigenvalue weighted by molar-refractivity contribution is 7.17. The zero-order valence-electron chi connectivity index (χ0n) is 15.1. The van der Waals surface area contributed by atoms with Crippen LogP contribution in [-0.4, -0.2) is 17.1 Å². The molecule has 0 saturated heterocycles. The summed E-state index contributed by atoms with van der Waals surface area (Å²) in [7, 11) is 0. The molecule has 0 spiro atoms. The second-order valence-electron chi connectivity index (χ2n) is 6.01. The summed E-state index contributed by atoms with van der Waals surface area (Å²) in [6, 6.07) is 15.7. The second-order valence-corrected chi connectivity index (χ2v) is 7.04. The van der Waals surface area contributed by atoms with Gasteiger partial charge in [0, 0.05) is 0 Å². The van der Waals surface area contributed by atoms with Crippen molar-refractivity contribution in [3.05, 3.63) is 75.8 Å². The molecule has 1 amide bonds. The van der Waals surface area contributed by atoms with Gasteiger partial charge in [-0.25, -0.2) is 10.4 Å². The van der Waals surface area contributed by atoms with Gasteiger partial charge in [0.15, 0.2) is 5.13 Å². The number of aryl methyl sites for hydroxylation is 2. The Morgan fingerprint density at radius 3 is 2.52 bits per heavy atom. The average Bonchev–Trinajstić information content (AvgIpc) is 3.00. The van der Waals surface area contributed by atoms with Crippen LogP contribution in [0.3, 0.4) is 0 Å². The van der Waals surface area contributed by atoms with E-state index in [-0.39, 0.29) is 5.91 Å². The molecule has 0 aliphatic carbocycles. The molecule has 3 N–H and O–H groups in total. The third-order valence-corrected chi connectivity index (χ3v) is 4.79. The van der Waals surface area contributed by atoms with Crippen LogP contribution in [0.5, 0.6) is 5.75 Å². The minimum atomic E-state index is -0.323. The molecule has 3 aromatic rings. The summed E-state index contributed by atoms with van der Waals surface area (Å²) in [6.07, 6.45) is 1.57. The molecule has 0 atom stereocenters. The van der Waals surface area contributed by atoms with Crippen LogP contribution in [0.25, 0.3) is 0 Å². The summed E-state index contributed by atoms with van der Waals surface area (Å²) < 4.78 is 5.77. The highest BCUT2D eigenvalue weighted by Crippen LogP contribution is 2.19. The van der Waals surface area contributed by atoms with Crippen LogP contribution in [0.15, 0.2) is 53.6 Å². The van der Waals surface area contributed by atoms with Gasteiger partial charge in [-0.05, 0) is 49.2 Å². The number of nitrogens with one attached hydrogen (secondary N) is 1. The smallest absolute Gasteiger partial charge is 0.283 e. The first-order valence-corrected chi connectivity index (χ1v) is 9.17. The average molecular weight is 380 g/mol. The second kappa shape index (κ2) is 8.46. The Labute approximate surface area is 161 Å². The van der Waals surface area contributed by atoms with Crippen molar-refractivity contribution in [1.82, 2.24) is 10.4 Å². The van der Waals surface area contributed by atoms with E-state index < -0.39 is 0 Å². The van der Waals surface area contributed by atoms with Crippen molar-refractivity contribution in [2.45, 2.75) is 20.5 Å². The number of nitrogens with zero attached hydrogens (tertiary/aromatic N) is 2. The summed E-state index contributed by atoms with van der Waals surface area (Å²) in [5.41, 5.74) is 11.9. The minimum Gasteiger partial charge on any atom is -0.489 e. The van der Waals surface area contributed by atoms with E-state index >= 15 is 0 Å². The van der Waals surface area contributed by atoms with Crippen molar-refractivity contribution in [3.8, 4) is 5.75 Å². The quantitative estimate of drug-likeness (QED) is 0.504. The normalized spacial score (nSPS) is 10.9. The summed E-state index contributed by atoms with van der Waals surface area (Å²) >= 11 is 1.14. The van der Waals surface area contributed by atoms with Gasteiger partial charge in [0.2, 0.25) is 0 Å². The van der Waals surface area contributed by atoms with Gasteiger partial charge in [-0.3, -0.25) is 4.79 Å². The van der Waals surface area contributed by atoms with E-state index in [0.717, 1.165) is 28.2 Å². The van der Waals surface area contributed by atoms with Crippen LogP contribution >= 0.6 is 11.3 Å². The highest BCUT2D eigenvalue weighted by Gasteiger charge is 2.13. The molecule has 0 saturated carbocycles. The van der Waals surface area contributed by atoms with Gasteiger partial charge in [0.1, 0.15) is 17.2 Å². The number of aromatic nitrogens is 1. The van der Waals surface area contributed by atoms with Crippen molar-refractivity contribution in [2.24, 2.45) is 5.10 Å². The number of hydrogen-bond donors (Lipinski definition) is 2. The molecule has 2 aromatic carbocycles. The van der Waals surface area contributed by atoms with E-state index in [9.17, 15) is 4.79 Å². The number of carbonyl (C=O) groups excluding carboxylic acids is 1. The first-order chi connectivity index (χ1) is 13.0. The van der Waals surface area contributed by atoms with E-state index in [2.05, 4.69) is 46.7 Å². The van der Waals surface area contributed by atoms with E-state index in [1.165, 1.54) is 5.56 Å². The largest absolute Gasteiger partial charge is 0.489 e. The lowest BCUT2D eigenvalue weighted by molar-refractivity contribution is 0.0958. The molecule has 1 aromatic heterocycles. The molecule has 1 heterocycles. The van der Waals surface area contributed by atoms with Crippen molar-refractivity contribution in [3.63, 3.8) is 0 Å². The molecule has 0 unspecified atom stereocenters. The maximum atomic E-state index is 12.0. The third kappa shape index (κ3) is 5.15. The first kappa shape index (κ1) is 18.6. The van der Waals surface area contributed by atoms with Crippen LogP contribution in [0.1, 0.15) is 32.1 Å². The van der Waals surface area contributed by atoms with Gasteiger partial charge in [-0.1, -0.05) is 41.2 Å². The van der Waals surface area contributed by atoms with Gasteiger partial charge >= 0.3 is 0 Å². The van der Waals surface area contributed by atoms with Crippen LogP contribution in [0.2, 0.25) is 0 Å². The molecule has 0 bridgehead atoms. The van der Waals surface area contributed by atoms with Crippen molar-refractivity contribution < 1.29 is 9.53 Å². The number of anilines is 1. The zero-order valence-corrected chi connectivity index (χ0v) is 15.9. The number of hydrogen-bond acceptors (Lipinski definition) is 6. The van der Waals surface area contributed by atoms with Crippen LogP contribution < -0.4 is 15.9 Å². The van der Waals surface area contributed by atoms with Gasteiger partial charge in [0.05, 0.1) is 11.9 Å². The Balaban J connectivity index is 1.52. The number of nitrogen functional groups attached to an aromatic ring is 1. The predicted octanol–water partition coefficient (Wildman–Crippen LogP) is 3.69. The van der Waals surface area contributed by atoms with E-state index in [1.807, 2.05) is 24.3 Å². The molecular weight excluding hydrogens is 360 g/mol. The summed E-state index contributed by atoms with van der Waals surface area (Å²) in [4.78, 5) is 16.5. The Morgan fingerprint density at radius 2 is 1.89 bits per heavy atom. The minimum absolute atomic E-state index is 0.323. The number of rotatable bonds is 6. The number of amides is 1. The molecule has 0 aliphatic rings. The number of carbonyl (C=O) groups is 1. The SMILES string of the molecule is Cc1ccc(COc2ccc(/C=N/NC(=O)c3sc(N)nc3C)cc2)cc1. The number of ether oxygens (including phenoxy) is 1. The van der Waals surface area contributed by atoms with Crippen LogP contribution in [-0.2, 0) is 6.61 Å². The summed E-state index contributed by atoms with van der Waals surface area (Å²) in [5, 5.41) is 4.34. The van der Waals surface area contributed by atoms with Crippen LogP contribution in [0, 0.1) is 13.8 Å². The first-order valence-electron chi connectivity index (χ1n) is 8.36. The molecule has 0 radical (unpaired) electrons. The molecule has 7 heteroatoms. The Bertz CT molecular complexity index is 947. The predicted molar refractivity (Wildman–Crippen MR) is 108 cm³/mol. The zero-order chi connectivity index (χ0) is 19.2. The molecule has 0 aliphatic heterocycles. The van der Waals surface area contributed by atoms with E-state index in [1.54, 1.807) is 13.1 Å². The molecule has 6 nitrogen and oxygen atoms in total. The lowest BCUT2D eigenvalue weighted by Crippen LogP contribution is -2.17. The molecular formula is C20H20N4O2S. The summed E-state index contributed by atoms with van der Waals surface area (Å²) in [5.74, 6) is 0.448. The highest BCUT2D eigenvalue weighted by atomic mass is 32.1. The van der Waals surface area contributed by atoms with Crippen molar-refractivity contribution >= 4 is 28.6 Å². The van der Waals surface area contributed by atoms with Crippen molar-refractivity contribution in [2.75, 3.05) is 5.73 Å². The van der Waals surface area contributed by atoms with E-state index in [4.69, 9.17) is 10.5 Å². The molecule has 138 valence electrons. The Kier molecular flexibility index (Phi) is 5.83. The topological polar surface area (TPSA) is 89.6 Å². The molecule has 3 rings (SSSR count). The third-order valence-electron chi connectivity index (χ3n) is 3.81.